The van der Waals surface area contributed by atoms with Crippen LogP contribution < -0.4 is 16.0 Å². The molecular weight excluding hydrogens is 228 g/mol. The van der Waals surface area contributed by atoms with Crippen molar-refractivity contribution in [2.45, 2.75) is 12.5 Å². The predicted molar refractivity (Wildman–Crippen MR) is 68.8 cm³/mol. The molecule has 2 aromatic rings. The van der Waals surface area contributed by atoms with Gasteiger partial charge < -0.3 is 4.74 Å². The van der Waals surface area contributed by atoms with Gasteiger partial charge in [0.15, 0.2) is 0 Å². The number of hydrogen-bond acceptors (Lipinski definition) is 5. The average Bonchev–Trinajstić information content (AvgIpc) is 2.46. The quantitative estimate of drug-likeness (QED) is 0.611. The van der Waals surface area contributed by atoms with Gasteiger partial charge >= 0.3 is 0 Å². The van der Waals surface area contributed by atoms with Crippen LogP contribution in [0.4, 0.5) is 0 Å². The van der Waals surface area contributed by atoms with E-state index in [1.807, 2.05) is 24.3 Å². The van der Waals surface area contributed by atoms with Crippen molar-refractivity contribution < 1.29 is 4.74 Å². The Labute approximate surface area is 106 Å². The third-order valence-electron chi connectivity index (χ3n) is 2.72. The molecule has 0 saturated heterocycles. The van der Waals surface area contributed by atoms with Crippen LogP contribution in [0.25, 0.3) is 0 Å². The summed E-state index contributed by atoms with van der Waals surface area (Å²) in [5.41, 5.74) is 3.80. The molecule has 1 aromatic carbocycles. The molecular formula is C13H16N4O. The van der Waals surface area contributed by atoms with Crippen molar-refractivity contribution in [3.8, 4) is 5.75 Å². The van der Waals surface area contributed by atoms with Crippen molar-refractivity contribution in [1.82, 2.24) is 15.4 Å². The molecule has 1 unspecified atom stereocenters. The molecule has 0 bridgehead atoms. The SMILES string of the molecule is COc1ccccc1CC(NN)c1ncccn1. The van der Waals surface area contributed by atoms with Crippen LogP contribution in [0.5, 0.6) is 5.75 Å². The van der Waals surface area contributed by atoms with Crippen LogP contribution in [0.2, 0.25) is 0 Å². The molecule has 0 saturated carbocycles. The highest BCUT2D eigenvalue weighted by Crippen LogP contribution is 2.22. The standard InChI is InChI=1S/C13H16N4O/c1-18-12-6-3-2-5-10(12)9-11(17-14)13-15-7-4-8-16-13/h2-8,11,17H,9,14H2,1H3. The molecule has 0 radical (unpaired) electrons. The first-order valence-electron chi connectivity index (χ1n) is 5.70. The molecule has 0 aliphatic carbocycles. The maximum atomic E-state index is 5.57. The summed E-state index contributed by atoms with van der Waals surface area (Å²) in [6, 6.07) is 9.48. The Bertz CT molecular complexity index is 489. The molecule has 94 valence electrons. The largest absolute Gasteiger partial charge is 0.496 e. The monoisotopic (exact) mass is 244 g/mol. The van der Waals surface area contributed by atoms with Crippen molar-refractivity contribution in [1.29, 1.82) is 0 Å². The predicted octanol–water partition coefficient (Wildman–Crippen LogP) is 1.23. The van der Waals surface area contributed by atoms with Gasteiger partial charge in [-0.15, -0.1) is 0 Å². The zero-order chi connectivity index (χ0) is 12.8. The Morgan fingerprint density at radius 3 is 2.61 bits per heavy atom. The maximum absolute atomic E-state index is 5.57. The molecule has 3 N–H and O–H groups in total. The van der Waals surface area contributed by atoms with Gasteiger partial charge in [-0.3, -0.25) is 5.84 Å². The van der Waals surface area contributed by atoms with E-state index >= 15 is 0 Å². The first-order valence-corrected chi connectivity index (χ1v) is 5.70. The lowest BCUT2D eigenvalue weighted by Crippen LogP contribution is -2.31. The Kier molecular flexibility index (Phi) is 4.22. The second kappa shape index (κ2) is 6.09. The topological polar surface area (TPSA) is 73.1 Å². The molecule has 1 atom stereocenters. The summed E-state index contributed by atoms with van der Waals surface area (Å²) < 4.78 is 5.32. The van der Waals surface area contributed by atoms with Gasteiger partial charge in [0.25, 0.3) is 0 Å². The number of ether oxygens (including phenoxy) is 1. The molecule has 5 heteroatoms. The minimum atomic E-state index is -0.137. The fourth-order valence-corrected chi connectivity index (χ4v) is 1.81. The number of aromatic nitrogens is 2. The number of nitrogens with two attached hydrogens (primary N) is 1. The van der Waals surface area contributed by atoms with E-state index in [2.05, 4.69) is 15.4 Å². The van der Waals surface area contributed by atoms with Crippen LogP contribution in [0.15, 0.2) is 42.7 Å². The van der Waals surface area contributed by atoms with Gasteiger partial charge in [-0.2, -0.15) is 0 Å². The summed E-state index contributed by atoms with van der Waals surface area (Å²) in [7, 11) is 1.66. The van der Waals surface area contributed by atoms with Gasteiger partial charge in [-0.1, -0.05) is 18.2 Å². The molecule has 18 heavy (non-hydrogen) atoms. The zero-order valence-corrected chi connectivity index (χ0v) is 10.2. The number of rotatable bonds is 5. The number of hydrogen-bond donors (Lipinski definition) is 2. The summed E-state index contributed by atoms with van der Waals surface area (Å²) in [6.45, 7) is 0. The van der Waals surface area contributed by atoms with Crippen LogP contribution in [0, 0.1) is 0 Å². The molecule has 0 amide bonds. The summed E-state index contributed by atoms with van der Waals surface area (Å²) >= 11 is 0. The molecule has 0 aliphatic rings. The van der Waals surface area contributed by atoms with E-state index < -0.39 is 0 Å². The van der Waals surface area contributed by atoms with E-state index in [1.54, 1.807) is 25.6 Å². The normalized spacial score (nSPS) is 12.1. The van der Waals surface area contributed by atoms with E-state index in [-0.39, 0.29) is 6.04 Å². The Morgan fingerprint density at radius 1 is 1.22 bits per heavy atom. The number of methoxy groups -OCH3 is 1. The lowest BCUT2D eigenvalue weighted by atomic mass is 10.0. The van der Waals surface area contributed by atoms with Crippen molar-refractivity contribution in [2.24, 2.45) is 5.84 Å². The van der Waals surface area contributed by atoms with Crippen molar-refractivity contribution in [2.75, 3.05) is 7.11 Å². The fraction of sp³-hybridized carbons (Fsp3) is 0.231. The van der Waals surface area contributed by atoms with E-state index in [1.165, 1.54) is 0 Å². The lowest BCUT2D eigenvalue weighted by Gasteiger charge is -2.16. The first-order chi connectivity index (χ1) is 8.85. The number of nitrogens with one attached hydrogen (secondary N) is 1. The molecule has 1 aromatic heterocycles. The number of para-hydroxylation sites is 1. The first kappa shape index (κ1) is 12.5. The van der Waals surface area contributed by atoms with Crippen LogP contribution >= 0.6 is 0 Å². The summed E-state index contributed by atoms with van der Waals surface area (Å²) in [6.07, 6.45) is 4.08. The third-order valence-corrected chi connectivity index (χ3v) is 2.72. The minimum absolute atomic E-state index is 0.137. The molecule has 0 fully saturated rings. The lowest BCUT2D eigenvalue weighted by molar-refractivity contribution is 0.404. The number of benzene rings is 1. The second-order valence-electron chi connectivity index (χ2n) is 3.84. The van der Waals surface area contributed by atoms with Gasteiger partial charge in [0.05, 0.1) is 13.2 Å². The number of hydrazine groups is 1. The molecule has 2 rings (SSSR count). The van der Waals surface area contributed by atoms with Crippen LogP contribution in [0.1, 0.15) is 17.4 Å². The maximum Gasteiger partial charge on any atom is 0.146 e. The van der Waals surface area contributed by atoms with Gasteiger partial charge in [0, 0.05) is 12.4 Å². The Balaban J connectivity index is 2.21. The Hall–Kier alpha value is -1.98. The average molecular weight is 244 g/mol. The van der Waals surface area contributed by atoms with Crippen LogP contribution in [-0.4, -0.2) is 17.1 Å². The number of nitrogens with zero attached hydrogens (tertiary/aromatic N) is 2. The summed E-state index contributed by atoms with van der Waals surface area (Å²) in [5.74, 6) is 7.09. The van der Waals surface area contributed by atoms with E-state index in [4.69, 9.17) is 10.6 Å². The van der Waals surface area contributed by atoms with E-state index in [0.29, 0.717) is 12.2 Å². The van der Waals surface area contributed by atoms with E-state index in [9.17, 15) is 0 Å². The fourth-order valence-electron chi connectivity index (χ4n) is 1.81. The summed E-state index contributed by atoms with van der Waals surface area (Å²) in [4.78, 5) is 8.41. The summed E-state index contributed by atoms with van der Waals surface area (Å²) in [5, 5.41) is 0. The highest BCUT2D eigenvalue weighted by molar-refractivity contribution is 5.34. The molecule has 0 aliphatic heterocycles. The van der Waals surface area contributed by atoms with Crippen molar-refractivity contribution in [3.05, 3.63) is 54.1 Å². The van der Waals surface area contributed by atoms with Gasteiger partial charge in [0.1, 0.15) is 11.6 Å². The van der Waals surface area contributed by atoms with Crippen LogP contribution in [0.3, 0.4) is 0 Å². The zero-order valence-electron chi connectivity index (χ0n) is 10.2. The van der Waals surface area contributed by atoms with Gasteiger partial charge in [-0.05, 0) is 24.1 Å². The van der Waals surface area contributed by atoms with Gasteiger partial charge in [0.2, 0.25) is 0 Å². The third kappa shape index (κ3) is 2.82. The highest BCUT2D eigenvalue weighted by Gasteiger charge is 2.15. The van der Waals surface area contributed by atoms with Crippen molar-refractivity contribution >= 4 is 0 Å². The molecule has 0 spiro atoms. The van der Waals surface area contributed by atoms with Crippen molar-refractivity contribution in [3.63, 3.8) is 0 Å². The highest BCUT2D eigenvalue weighted by atomic mass is 16.5. The molecule has 1 heterocycles. The van der Waals surface area contributed by atoms with Gasteiger partial charge in [-0.25, -0.2) is 15.4 Å². The molecule has 5 nitrogen and oxygen atoms in total. The minimum Gasteiger partial charge on any atom is -0.496 e. The Morgan fingerprint density at radius 2 is 1.94 bits per heavy atom. The van der Waals surface area contributed by atoms with Crippen LogP contribution in [-0.2, 0) is 6.42 Å². The second-order valence-corrected chi connectivity index (χ2v) is 3.84. The smallest absolute Gasteiger partial charge is 0.146 e. The van der Waals surface area contributed by atoms with E-state index in [0.717, 1.165) is 11.3 Å².